The number of carbonyl (C=O) groups excluding carboxylic acids is 1. The molecule has 1 N–H and O–H groups in total. The van der Waals surface area contributed by atoms with Crippen molar-refractivity contribution >= 4 is 29.9 Å². The van der Waals surface area contributed by atoms with Crippen LogP contribution in [-0.4, -0.2) is 43.3 Å². The zero-order valence-electron chi connectivity index (χ0n) is 19.7. The Hall–Kier alpha value is -4.11. The fraction of sp³-hybridized carbons (Fsp3) is 0.192. The summed E-state index contributed by atoms with van der Waals surface area (Å²) in [4.78, 5) is 28.8. The number of rotatable bonds is 7. The highest BCUT2D eigenvalue weighted by Crippen LogP contribution is 2.30. The van der Waals surface area contributed by atoms with Gasteiger partial charge in [-0.25, -0.2) is 4.79 Å². The third-order valence-electron chi connectivity index (χ3n) is 5.53. The maximum absolute atomic E-state index is 13.1. The van der Waals surface area contributed by atoms with Crippen molar-refractivity contribution in [2.24, 2.45) is 0 Å². The molecule has 180 valence electrons. The second kappa shape index (κ2) is 10.0. The molecule has 0 saturated carbocycles. The van der Waals surface area contributed by atoms with Crippen molar-refractivity contribution in [1.29, 1.82) is 0 Å². The van der Waals surface area contributed by atoms with Crippen molar-refractivity contribution < 1.29 is 23.7 Å². The Morgan fingerprint density at radius 1 is 1.03 bits per heavy atom. The second-order valence-corrected chi connectivity index (χ2v) is 7.90. The topological polar surface area (TPSA) is 91.3 Å². The summed E-state index contributed by atoms with van der Waals surface area (Å²) in [7, 11) is 4.67. The molecule has 35 heavy (non-hydrogen) atoms. The van der Waals surface area contributed by atoms with Crippen LogP contribution in [0.5, 0.6) is 17.2 Å². The first-order valence-electron chi connectivity index (χ1n) is 10.8. The van der Waals surface area contributed by atoms with E-state index in [4.69, 9.17) is 31.2 Å². The van der Waals surface area contributed by atoms with Crippen LogP contribution in [0.15, 0.2) is 53.5 Å². The minimum atomic E-state index is -0.553. The van der Waals surface area contributed by atoms with Crippen LogP contribution >= 0.6 is 12.2 Å². The van der Waals surface area contributed by atoms with Gasteiger partial charge in [0.25, 0.3) is 5.56 Å². The van der Waals surface area contributed by atoms with E-state index < -0.39 is 11.5 Å². The molecule has 0 aliphatic heterocycles. The molecule has 0 bridgehead atoms. The summed E-state index contributed by atoms with van der Waals surface area (Å²) in [5.41, 5.74) is 2.11. The molecular weight excluding hydrogens is 468 g/mol. The summed E-state index contributed by atoms with van der Waals surface area (Å²) < 4.78 is 23.0. The number of aromatic amines is 1. The van der Waals surface area contributed by atoms with Crippen LogP contribution in [-0.2, 0) is 4.74 Å². The van der Waals surface area contributed by atoms with E-state index in [-0.39, 0.29) is 27.7 Å². The Kier molecular flexibility index (Phi) is 6.88. The van der Waals surface area contributed by atoms with Gasteiger partial charge in [-0.15, -0.1) is 0 Å². The Balaban J connectivity index is 1.97. The highest BCUT2D eigenvalue weighted by atomic mass is 32.1. The summed E-state index contributed by atoms with van der Waals surface area (Å²) in [5, 5.41) is 0.270. The van der Waals surface area contributed by atoms with E-state index in [2.05, 4.69) is 4.98 Å². The number of nitrogens with zero attached hydrogens (tertiary/aromatic N) is 1. The third kappa shape index (κ3) is 4.50. The Morgan fingerprint density at radius 2 is 1.74 bits per heavy atom. The maximum atomic E-state index is 13.1. The first-order valence-corrected chi connectivity index (χ1v) is 11.2. The third-order valence-corrected chi connectivity index (χ3v) is 5.95. The van der Waals surface area contributed by atoms with Crippen molar-refractivity contribution in [3.63, 3.8) is 0 Å². The lowest BCUT2D eigenvalue weighted by molar-refractivity contribution is 0.0529. The number of carbonyl (C=O) groups is 1. The number of H-pyrrole nitrogens is 1. The number of hydrogen-bond donors (Lipinski definition) is 1. The standard InChI is InChI=1S/C26H24N2O6S/c1-5-34-26(30)22-19(16-7-9-17(31-2)10-8-16)14-28-23(22)27-24(29)18(25(28)35)12-15-6-11-20(32-3)21(13-15)33-4/h6-14H,5H2,1-4H3,(H,27,29). The van der Waals surface area contributed by atoms with Crippen LogP contribution in [0, 0.1) is 4.64 Å². The highest BCUT2D eigenvalue weighted by molar-refractivity contribution is 7.71. The predicted octanol–water partition coefficient (Wildman–Crippen LogP) is 3.77. The number of benzene rings is 2. The minimum Gasteiger partial charge on any atom is -0.497 e. The van der Waals surface area contributed by atoms with E-state index in [9.17, 15) is 9.59 Å². The van der Waals surface area contributed by atoms with Gasteiger partial charge in [0.2, 0.25) is 0 Å². The lowest BCUT2D eigenvalue weighted by Gasteiger charge is -2.07. The first-order chi connectivity index (χ1) is 16.9. The van der Waals surface area contributed by atoms with E-state index in [0.29, 0.717) is 28.4 Å². The molecular formula is C26H24N2O6S. The molecule has 0 spiro atoms. The molecule has 2 aromatic heterocycles. The van der Waals surface area contributed by atoms with Crippen molar-refractivity contribution in [3.05, 3.63) is 80.0 Å². The molecule has 4 aromatic rings. The Labute approximate surface area is 206 Å². The zero-order valence-corrected chi connectivity index (χ0v) is 20.5. The van der Waals surface area contributed by atoms with Crippen molar-refractivity contribution in [2.45, 2.75) is 6.92 Å². The number of fused-ring (bicyclic) bond motifs is 1. The monoisotopic (exact) mass is 492 g/mol. The van der Waals surface area contributed by atoms with Crippen LogP contribution in [0.4, 0.5) is 0 Å². The molecule has 0 radical (unpaired) electrons. The molecule has 2 aromatic carbocycles. The average molecular weight is 493 g/mol. The normalized spacial score (nSPS) is 11.5. The summed E-state index contributed by atoms with van der Waals surface area (Å²) in [6.07, 6.45) is 3.40. The lowest BCUT2D eigenvalue weighted by Crippen LogP contribution is -2.30. The predicted molar refractivity (Wildman–Crippen MR) is 135 cm³/mol. The number of ether oxygens (including phenoxy) is 4. The van der Waals surface area contributed by atoms with Gasteiger partial charge in [0.15, 0.2) is 11.5 Å². The maximum Gasteiger partial charge on any atom is 0.342 e. The zero-order chi connectivity index (χ0) is 25.1. The van der Waals surface area contributed by atoms with Gasteiger partial charge in [0.05, 0.1) is 33.2 Å². The van der Waals surface area contributed by atoms with Crippen LogP contribution in [0.2, 0.25) is 0 Å². The molecule has 0 fully saturated rings. The van der Waals surface area contributed by atoms with Crippen molar-refractivity contribution in [2.75, 3.05) is 27.9 Å². The smallest absolute Gasteiger partial charge is 0.342 e. The van der Waals surface area contributed by atoms with Gasteiger partial charge in [-0.2, -0.15) is 0 Å². The van der Waals surface area contributed by atoms with Gasteiger partial charge < -0.3 is 23.9 Å². The molecule has 4 rings (SSSR count). The molecule has 2 heterocycles. The summed E-state index contributed by atoms with van der Waals surface area (Å²) in [6, 6.07) is 12.5. The van der Waals surface area contributed by atoms with Crippen molar-refractivity contribution in [1.82, 2.24) is 9.38 Å². The largest absolute Gasteiger partial charge is 0.497 e. The number of nitrogens with one attached hydrogen (secondary N) is 1. The number of methoxy groups -OCH3 is 3. The molecule has 9 heteroatoms. The molecule has 0 saturated heterocycles. The van der Waals surface area contributed by atoms with Gasteiger partial charge in [-0.1, -0.05) is 30.4 Å². The Bertz CT molecular complexity index is 1570. The van der Waals surface area contributed by atoms with E-state index in [1.165, 1.54) is 7.11 Å². The van der Waals surface area contributed by atoms with Crippen LogP contribution < -0.4 is 25.0 Å². The summed E-state index contributed by atoms with van der Waals surface area (Å²) in [6.45, 7) is 1.91. The van der Waals surface area contributed by atoms with Crippen LogP contribution in [0.3, 0.4) is 0 Å². The van der Waals surface area contributed by atoms with E-state index >= 15 is 0 Å². The SMILES string of the molecule is CCOC(=O)c1c(-c2ccc(OC)cc2)cn2c(=S)c(=Cc3ccc(OC)c(OC)c3)c(=O)[nH]c12. The average Bonchev–Trinajstić information content (AvgIpc) is 3.26. The second-order valence-electron chi connectivity index (χ2n) is 7.52. The van der Waals surface area contributed by atoms with E-state index in [1.54, 1.807) is 68.1 Å². The summed E-state index contributed by atoms with van der Waals surface area (Å²) >= 11 is 5.69. The first kappa shape index (κ1) is 24.0. The number of aromatic nitrogens is 2. The molecule has 0 atom stereocenters. The quantitative estimate of drug-likeness (QED) is 0.310. The number of esters is 1. The minimum absolute atomic E-state index is 0.189. The molecule has 0 aliphatic carbocycles. The van der Waals surface area contributed by atoms with Gasteiger partial charge in [-0.05, 0) is 48.4 Å². The van der Waals surface area contributed by atoms with Gasteiger partial charge >= 0.3 is 5.97 Å². The lowest BCUT2D eigenvalue weighted by atomic mass is 10.0. The van der Waals surface area contributed by atoms with Crippen LogP contribution in [0.25, 0.3) is 22.9 Å². The van der Waals surface area contributed by atoms with Crippen molar-refractivity contribution in [3.8, 4) is 28.4 Å². The fourth-order valence-corrected chi connectivity index (χ4v) is 4.12. The van der Waals surface area contributed by atoms with E-state index in [0.717, 1.165) is 5.56 Å². The molecule has 0 amide bonds. The molecule has 0 unspecified atom stereocenters. The Morgan fingerprint density at radius 3 is 2.37 bits per heavy atom. The van der Waals surface area contributed by atoms with Gasteiger partial charge in [0, 0.05) is 11.8 Å². The highest BCUT2D eigenvalue weighted by Gasteiger charge is 2.22. The fourth-order valence-electron chi connectivity index (χ4n) is 3.83. The molecule has 0 aliphatic rings. The summed E-state index contributed by atoms with van der Waals surface area (Å²) in [5.74, 6) is 1.22. The van der Waals surface area contributed by atoms with Gasteiger partial charge in [-0.3, -0.25) is 9.20 Å². The number of hydrogen-bond acceptors (Lipinski definition) is 7. The molecule has 8 nitrogen and oxygen atoms in total. The van der Waals surface area contributed by atoms with Crippen LogP contribution in [0.1, 0.15) is 22.8 Å². The van der Waals surface area contributed by atoms with E-state index in [1.807, 2.05) is 12.1 Å². The van der Waals surface area contributed by atoms with Gasteiger partial charge in [0.1, 0.15) is 21.6 Å².